The number of aromatic nitrogens is 4. The maximum atomic E-state index is 13.2. The molecule has 5 rings (SSSR count). The first-order chi connectivity index (χ1) is 13.1. The molecule has 0 aliphatic carbocycles. The molecule has 0 saturated carbocycles. The van der Waals surface area contributed by atoms with Crippen molar-refractivity contribution >= 4 is 34.4 Å². The lowest BCUT2D eigenvalue weighted by Crippen LogP contribution is -2.42. The fourth-order valence-corrected chi connectivity index (χ4v) is 4.43. The Morgan fingerprint density at radius 3 is 3.11 bits per heavy atom. The van der Waals surface area contributed by atoms with Gasteiger partial charge in [-0.15, -0.1) is 11.3 Å². The normalized spacial score (nSPS) is 16.7. The van der Waals surface area contributed by atoms with Crippen molar-refractivity contribution in [2.45, 2.75) is 25.9 Å². The van der Waals surface area contributed by atoms with Crippen molar-refractivity contribution < 1.29 is 4.79 Å². The predicted molar refractivity (Wildman–Crippen MR) is 105 cm³/mol. The maximum Gasteiger partial charge on any atom is 0.255 e. The Morgan fingerprint density at radius 1 is 1.44 bits per heavy atom. The van der Waals surface area contributed by atoms with Gasteiger partial charge in [-0.05, 0) is 25.1 Å². The van der Waals surface area contributed by atoms with Crippen molar-refractivity contribution in [2.24, 2.45) is 0 Å². The molecule has 0 aromatic carbocycles. The van der Waals surface area contributed by atoms with Gasteiger partial charge in [0.1, 0.15) is 11.4 Å². The van der Waals surface area contributed by atoms with Crippen LogP contribution in [-0.2, 0) is 13.0 Å². The molecule has 0 bridgehead atoms. The second kappa shape index (κ2) is 6.21. The first-order valence-corrected chi connectivity index (χ1v) is 9.96. The van der Waals surface area contributed by atoms with E-state index in [-0.39, 0.29) is 11.9 Å². The average molecular weight is 398 g/mol. The summed E-state index contributed by atoms with van der Waals surface area (Å²) in [6.07, 6.45) is 4.47. The number of thiazole rings is 1. The summed E-state index contributed by atoms with van der Waals surface area (Å²) < 4.78 is 1.88. The number of halogens is 1. The summed E-state index contributed by atoms with van der Waals surface area (Å²) >= 11 is 7.79. The third-order valence-corrected chi connectivity index (χ3v) is 5.98. The minimum Gasteiger partial charge on any atom is -0.331 e. The van der Waals surface area contributed by atoms with Crippen molar-refractivity contribution in [3.63, 3.8) is 0 Å². The Balaban J connectivity index is 1.51. The van der Waals surface area contributed by atoms with E-state index < -0.39 is 0 Å². The van der Waals surface area contributed by atoms with E-state index in [1.165, 1.54) is 11.3 Å². The van der Waals surface area contributed by atoms with Gasteiger partial charge in [0.25, 0.3) is 5.91 Å². The fraction of sp³-hybridized carbons (Fsp3) is 0.211. The predicted octanol–water partition coefficient (Wildman–Crippen LogP) is 4.03. The largest absolute Gasteiger partial charge is 0.331 e. The van der Waals surface area contributed by atoms with Crippen LogP contribution < -0.4 is 0 Å². The molecule has 6 nitrogen and oxygen atoms in total. The van der Waals surface area contributed by atoms with Gasteiger partial charge < -0.3 is 9.30 Å². The highest BCUT2D eigenvalue weighted by Crippen LogP contribution is 2.31. The second-order valence-electron chi connectivity index (χ2n) is 6.77. The maximum absolute atomic E-state index is 13.2. The number of hydrogen-bond donors (Lipinski definition) is 1. The molecule has 4 aromatic rings. The summed E-state index contributed by atoms with van der Waals surface area (Å²) in [6.45, 7) is 2.57. The molecule has 1 aliphatic rings. The van der Waals surface area contributed by atoms with Crippen LogP contribution in [0.3, 0.4) is 0 Å². The molecule has 4 aromatic heterocycles. The topological polar surface area (TPSA) is 66.3 Å². The molecular formula is C19H16ClN5OS. The van der Waals surface area contributed by atoms with Crippen LogP contribution in [0.5, 0.6) is 0 Å². The molecule has 1 amide bonds. The van der Waals surface area contributed by atoms with Gasteiger partial charge in [-0.3, -0.25) is 9.89 Å². The standard InChI is InChI=1S/C19H16ClN5OS/c1-11-5-15-13(18(23-22-15)16-9-27-10-21-16)8-25(11)19(26)12-6-17-14(20)3-2-4-24(17)7-12/h2-4,6-7,9-11H,5,8H2,1H3,(H,22,23). The van der Waals surface area contributed by atoms with Crippen LogP contribution in [0, 0.1) is 0 Å². The van der Waals surface area contributed by atoms with E-state index in [9.17, 15) is 4.79 Å². The number of nitrogens with one attached hydrogen (secondary N) is 1. The van der Waals surface area contributed by atoms with E-state index in [4.69, 9.17) is 11.6 Å². The molecule has 1 N–H and O–H groups in total. The highest BCUT2D eigenvalue weighted by atomic mass is 35.5. The van der Waals surface area contributed by atoms with Crippen molar-refractivity contribution in [2.75, 3.05) is 0 Å². The van der Waals surface area contributed by atoms with Crippen LogP contribution in [0.4, 0.5) is 0 Å². The average Bonchev–Trinajstić information content (AvgIpc) is 3.39. The first-order valence-electron chi connectivity index (χ1n) is 8.63. The summed E-state index contributed by atoms with van der Waals surface area (Å²) in [6, 6.07) is 5.62. The minimum absolute atomic E-state index is 0.00153. The molecule has 136 valence electrons. The van der Waals surface area contributed by atoms with Gasteiger partial charge in [-0.2, -0.15) is 5.10 Å². The van der Waals surface area contributed by atoms with Gasteiger partial charge >= 0.3 is 0 Å². The highest BCUT2D eigenvalue weighted by molar-refractivity contribution is 7.07. The van der Waals surface area contributed by atoms with Crippen LogP contribution >= 0.6 is 22.9 Å². The van der Waals surface area contributed by atoms with E-state index in [1.54, 1.807) is 5.51 Å². The lowest BCUT2D eigenvalue weighted by atomic mass is 9.98. The van der Waals surface area contributed by atoms with Crippen molar-refractivity contribution in [3.8, 4) is 11.4 Å². The van der Waals surface area contributed by atoms with Crippen LogP contribution in [0.1, 0.15) is 28.5 Å². The van der Waals surface area contributed by atoms with Crippen molar-refractivity contribution in [1.82, 2.24) is 24.5 Å². The molecule has 1 atom stereocenters. The van der Waals surface area contributed by atoms with Gasteiger partial charge in [0, 0.05) is 41.5 Å². The zero-order valence-corrected chi connectivity index (χ0v) is 16.1. The Hall–Kier alpha value is -2.64. The molecule has 5 heterocycles. The summed E-state index contributed by atoms with van der Waals surface area (Å²) in [7, 11) is 0. The van der Waals surface area contributed by atoms with Crippen LogP contribution in [0.25, 0.3) is 16.9 Å². The zero-order chi connectivity index (χ0) is 18.5. The van der Waals surface area contributed by atoms with Gasteiger partial charge in [0.15, 0.2) is 0 Å². The highest BCUT2D eigenvalue weighted by Gasteiger charge is 2.32. The first kappa shape index (κ1) is 16.5. The van der Waals surface area contributed by atoms with E-state index >= 15 is 0 Å². The SMILES string of the molecule is CC1Cc2[nH]nc(-c3cscn3)c2CN1C(=O)c1cc2c(Cl)cccn2c1. The summed E-state index contributed by atoms with van der Waals surface area (Å²) in [5.41, 5.74) is 7.08. The van der Waals surface area contributed by atoms with E-state index in [0.717, 1.165) is 34.6 Å². The molecule has 8 heteroatoms. The smallest absolute Gasteiger partial charge is 0.255 e. The lowest BCUT2D eigenvalue weighted by molar-refractivity contribution is 0.0658. The third kappa shape index (κ3) is 2.65. The summed E-state index contributed by atoms with van der Waals surface area (Å²) in [5, 5.41) is 10.2. The number of rotatable bonds is 2. The Bertz CT molecular complexity index is 1150. The number of aromatic amines is 1. The number of nitrogens with zero attached hydrogens (tertiary/aromatic N) is 4. The quantitative estimate of drug-likeness (QED) is 0.555. The molecule has 0 fully saturated rings. The van der Waals surface area contributed by atoms with Gasteiger partial charge in [-0.25, -0.2) is 4.98 Å². The van der Waals surface area contributed by atoms with E-state index in [2.05, 4.69) is 22.1 Å². The van der Waals surface area contributed by atoms with Crippen molar-refractivity contribution in [1.29, 1.82) is 0 Å². The number of fused-ring (bicyclic) bond motifs is 2. The molecule has 0 spiro atoms. The molecule has 0 radical (unpaired) electrons. The molecule has 1 unspecified atom stereocenters. The number of carbonyl (C=O) groups is 1. The van der Waals surface area contributed by atoms with Crippen LogP contribution in [0.15, 0.2) is 41.5 Å². The number of hydrogen-bond acceptors (Lipinski definition) is 4. The lowest BCUT2D eigenvalue weighted by Gasteiger charge is -2.33. The van der Waals surface area contributed by atoms with E-state index in [0.29, 0.717) is 17.1 Å². The Morgan fingerprint density at radius 2 is 2.33 bits per heavy atom. The monoisotopic (exact) mass is 397 g/mol. The number of amides is 1. The number of carbonyl (C=O) groups excluding carboxylic acids is 1. The molecule has 27 heavy (non-hydrogen) atoms. The van der Waals surface area contributed by atoms with Gasteiger partial charge in [-0.1, -0.05) is 11.6 Å². The summed E-state index contributed by atoms with van der Waals surface area (Å²) in [4.78, 5) is 19.5. The molecule has 1 aliphatic heterocycles. The van der Waals surface area contributed by atoms with Crippen LogP contribution in [0.2, 0.25) is 5.02 Å². The van der Waals surface area contributed by atoms with Crippen LogP contribution in [-0.4, -0.2) is 36.4 Å². The van der Waals surface area contributed by atoms with Gasteiger partial charge in [0.05, 0.1) is 28.2 Å². The number of pyridine rings is 1. The number of H-pyrrole nitrogens is 1. The molecular weight excluding hydrogens is 382 g/mol. The van der Waals surface area contributed by atoms with Gasteiger partial charge in [0.2, 0.25) is 0 Å². The summed E-state index contributed by atoms with van der Waals surface area (Å²) in [5.74, 6) is -0.00153. The Labute approximate surface area is 164 Å². The zero-order valence-electron chi connectivity index (χ0n) is 14.5. The van der Waals surface area contributed by atoms with E-state index in [1.807, 2.05) is 45.3 Å². The fourth-order valence-electron chi connectivity index (χ4n) is 3.67. The molecule has 0 saturated heterocycles. The second-order valence-corrected chi connectivity index (χ2v) is 7.89. The van der Waals surface area contributed by atoms with Crippen molar-refractivity contribution in [3.05, 3.63) is 63.3 Å². The minimum atomic E-state index is -0.00153. The Kier molecular flexibility index (Phi) is 3.80. The third-order valence-electron chi connectivity index (χ3n) is 5.08.